The number of carboxylic acids is 1. The molecular weight excluding hydrogens is 477 g/mol. The largest absolute Gasteiger partial charge is 0.480 e. The molecule has 9 nitrogen and oxygen atoms in total. The molecule has 1 amide bonds. The number of hydrogen-bond acceptors (Lipinski definition) is 6. The predicted octanol–water partition coefficient (Wildman–Crippen LogP) is 2.52. The van der Waals surface area contributed by atoms with Gasteiger partial charge in [-0.05, 0) is 55.7 Å². The van der Waals surface area contributed by atoms with Crippen LogP contribution in [0.5, 0.6) is 0 Å². The van der Waals surface area contributed by atoms with Crippen LogP contribution in [0.15, 0.2) is 42.6 Å². The third-order valence-corrected chi connectivity index (χ3v) is 7.21. The van der Waals surface area contributed by atoms with E-state index in [4.69, 9.17) is 9.94 Å². The van der Waals surface area contributed by atoms with Gasteiger partial charge in [-0.1, -0.05) is 12.1 Å². The van der Waals surface area contributed by atoms with Gasteiger partial charge < -0.3 is 14.6 Å². The molecule has 0 aliphatic carbocycles. The molecule has 2 aliphatic heterocycles. The number of nitrogens with zero attached hydrogens (tertiary/aromatic N) is 5. The molecule has 2 aromatic heterocycles. The summed E-state index contributed by atoms with van der Waals surface area (Å²) < 4.78 is 16.0. The SMILES string of the molecule is C[C@@H]1CN(CC(=O)O)C[C@H](C)N1OCC(=O)N1CCc2c(n(Cc3cccc(F)c3)c3ncccc23)C1. The van der Waals surface area contributed by atoms with Gasteiger partial charge in [0.15, 0.2) is 0 Å². The van der Waals surface area contributed by atoms with Crippen molar-refractivity contribution in [3.05, 3.63) is 65.2 Å². The highest BCUT2D eigenvalue weighted by Crippen LogP contribution is 2.31. The molecule has 1 saturated heterocycles. The van der Waals surface area contributed by atoms with Gasteiger partial charge in [-0.2, -0.15) is 5.06 Å². The first-order chi connectivity index (χ1) is 17.8. The summed E-state index contributed by atoms with van der Waals surface area (Å²) in [5.74, 6) is -1.23. The number of hydroxylamine groups is 2. The molecule has 2 atom stereocenters. The Morgan fingerprint density at radius 3 is 2.68 bits per heavy atom. The lowest BCUT2D eigenvalue weighted by Gasteiger charge is -2.42. The number of halogens is 1. The molecule has 3 aromatic rings. The lowest BCUT2D eigenvalue weighted by molar-refractivity contribution is -0.229. The zero-order valence-electron chi connectivity index (χ0n) is 21.1. The van der Waals surface area contributed by atoms with E-state index in [0.717, 1.165) is 22.3 Å². The van der Waals surface area contributed by atoms with Gasteiger partial charge in [0.05, 0.1) is 13.1 Å². The van der Waals surface area contributed by atoms with E-state index < -0.39 is 5.97 Å². The van der Waals surface area contributed by atoms with Crippen LogP contribution in [0.25, 0.3) is 11.0 Å². The van der Waals surface area contributed by atoms with Gasteiger partial charge in [0, 0.05) is 55.5 Å². The minimum absolute atomic E-state index is 0.00393. The molecule has 0 radical (unpaired) electrons. The summed E-state index contributed by atoms with van der Waals surface area (Å²) in [4.78, 5) is 38.6. The topological polar surface area (TPSA) is 91.1 Å². The van der Waals surface area contributed by atoms with Crippen molar-refractivity contribution in [1.29, 1.82) is 0 Å². The maximum Gasteiger partial charge on any atom is 0.317 e. The van der Waals surface area contributed by atoms with E-state index in [-0.39, 0.29) is 37.0 Å². The van der Waals surface area contributed by atoms with E-state index in [1.54, 1.807) is 17.2 Å². The number of carboxylic acid groups (broad SMARTS) is 1. The van der Waals surface area contributed by atoms with E-state index in [1.807, 2.05) is 35.9 Å². The monoisotopic (exact) mass is 509 g/mol. The molecule has 2 aliphatic rings. The Morgan fingerprint density at radius 1 is 1.16 bits per heavy atom. The number of aromatic nitrogens is 2. The number of carbonyl (C=O) groups is 2. The van der Waals surface area contributed by atoms with Crippen LogP contribution in [0.1, 0.15) is 30.7 Å². The molecular formula is C27H32FN5O4. The summed E-state index contributed by atoms with van der Waals surface area (Å²) in [6.07, 6.45) is 2.46. The van der Waals surface area contributed by atoms with Crippen LogP contribution in [-0.4, -0.2) is 86.3 Å². The minimum atomic E-state index is -0.849. The van der Waals surface area contributed by atoms with Crippen LogP contribution in [0.4, 0.5) is 4.39 Å². The van der Waals surface area contributed by atoms with E-state index in [9.17, 15) is 14.0 Å². The Balaban J connectivity index is 1.29. The molecule has 196 valence electrons. The first kappa shape index (κ1) is 25.3. The number of rotatable bonds is 7. The zero-order valence-corrected chi connectivity index (χ0v) is 21.1. The number of aliphatic carboxylic acids is 1. The van der Waals surface area contributed by atoms with Crippen molar-refractivity contribution in [3.8, 4) is 0 Å². The lowest BCUT2D eigenvalue weighted by atomic mass is 10.0. The summed E-state index contributed by atoms with van der Waals surface area (Å²) >= 11 is 0. The van der Waals surface area contributed by atoms with Crippen molar-refractivity contribution >= 4 is 22.9 Å². The third kappa shape index (κ3) is 5.36. The second-order valence-corrected chi connectivity index (χ2v) is 10.0. The van der Waals surface area contributed by atoms with Crippen molar-refractivity contribution in [2.45, 2.75) is 45.4 Å². The Labute approximate surface area is 215 Å². The zero-order chi connectivity index (χ0) is 26.1. The smallest absolute Gasteiger partial charge is 0.317 e. The summed E-state index contributed by atoms with van der Waals surface area (Å²) in [6.45, 7) is 6.47. The average Bonchev–Trinajstić information content (AvgIpc) is 3.16. The van der Waals surface area contributed by atoms with Crippen molar-refractivity contribution in [1.82, 2.24) is 24.4 Å². The van der Waals surface area contributed by atoms with Gasteiger partial charge in [-0.15, -0.1) is 0 Å². The second-order valence-electron chi connectivity index (χ2n) is 10.0. The molecule has 1 aromatic carbocycles. The highest BCUT2D eigenvalue weighted by molar-refractivity contribution is 5.84. The number of carbonyl (C=O) groups excluding carboxylic acids is 1. The Kier molecular flexibility index (Phi) is 7.23. The van der Waals surface area contributed by atoms with Crippen molar-refractivity contribution in [2.75, 3.05) is 32.8 Å². The van der Waals surface area contributed by atoms with Crippen molar-refractivity contribution in [3.63, 3.8) is 0 Å². The lowest BCUT2D eigenvalue weighted by Crippen LogP contribution is -2.57. The van der Waals surface area contributed by atoms with Crippen LogP contribution < -0.4 is 0 Å². The molecule has 0 unspecified atom stereocenters. The van der Waals surface area contributed by atoms with E-state index in [0.29, 0.717) is 39.1 Å². The first-order valence-corrected chi connectivity index (χ1v) is 12.6. The van der Waals surface area contributed by atoms with Gasteiger partial charge >= 0.3 is 5.97 Å². The maximum absolute atomic E-state index is 13.9. The van der Waals surface area contributed by atoms with Crippen LogP contribution in [0.3, 0.4) is 0 Å². The molecule has 0 spiro atoms. The van der Waals surface area contributed by atoms with Crippen molar-refractivity contribution < 1.29 is 23.9 Å². The summed E-state index contributed by atoms with van der Waals surface area (Å²) in [5.41, 5.74) is 3.87. The molecule has 1 fully saturated rings. The summed E-state index contributed by atoms with van der Waals surface area (Å²) in [6, 6.07) is 10.4. The fourth-order valence-electron chi connectivity index (χ4n) is 5.67. The quantitative estimate of drug-likeness (QED) is 0.523. The Morgan fingerprint density at radius 2 is 1.95 bits per heavy atom. The predicted molar refractivity (Wildman–Crippen MR) is 135 cm³/mol. The van der Waals surface area contributed by atoms with Gasteiger partial charge in [-0.25, -0.2) is 9.37 Å². The fourth-order valence-corrected chi connectivity index (χ4v) is 5.67. The van der Waals surface area contributed by atoms with Crippen molar-refractivity contribution in [2.24, 2.45) is 0 Å². The number of benzene rings is 1. The van der Waals surface area contributed by atoms with E-state index in [1.165, 1.54) is 17.7 Å². The van der Waals surface area contributed by atoms with Crippen LogP contribution in [0.2, 0.25) is 0 Å². The highest BCUT2D eigenvalue weighted by Gasteiger charge is 2.33. The normalized spacial score (nSPS) is 20.8. The molecule has 1 N–H and O–H groups in total. The third-order valence-electron chi connectivity index (χ3n) is 7.21. The Bertz CT molecular complexity index is 1300. The van der Waals surface area contributed by atoms with Crippen LogP contribution in [-0.2, 0) is 33.9 Å². The van der Waals surface area contributed by atoms with Crippen LogP contribution in [0, 0.1) is 5.82 Å². The molecule has 37 heavy (non-hydrogen) atoms. The highest BCUT2D eigenvalue weighted by atomic mass is 19.1. The average molecular weight is 510 g/mol. The minimum Gasteiger partial charge on any atom is -0.480 e. The van der Waals surface area contributed by atoms with E-state index >= 15 is 0 Å². The molecule has 5 rings (SSSR count). The fraction of sp³-hybridized carbons (Fsp3) is 0.444. The standard InChI is InChI=1S/C27H32FN5O4/c1-18-12-30(16-26(35)36)13-19(2)33(18)37-17-25(34)31-10-8-22-23-7-4-9-29-27(23)32(24(22)15-31)14-20-5-3-6-21(28)11-20/h3-7,9,11,18-19H,8,10,12-17H2,1-2H3,(H,35,36)/t18-,19+. The summed E-state index contributed by atoms with van der Waals surface area (Å²) in [7, 11) is 0. The number of piperazine rings is 1. The molecule has 0 saturated carbocycles. The first-order valence-electron chi connectivity index (χ1n) is 12.6. The van der Waals surface area contributed by atoms with Gasteiger partial charge in [-0.3, -0.25) is 19.3 Å². The van der Waals surface area contributed by atoms with Gasteiger partial charge in [0.1, 0.15) is 18.1 Å². The number of amides is 1. The number of fused-ring (bicyclic) bond motifs is 3. The molecule has 0 bridgehead atoms. The Hall–Kier alpha value is -3.34. The number of pyridine rings is 1. The van der Waals surface area contributed by atoms with Crippen LogP contribution >= 0.6 is 0 Å². The molecule has 4 heterocycles. The summed E-state index contributed by atoms with van der Waals surface area (Å²) in [5, 5.41) is 12.0. The van der Waals surface area contributed by atoms with E-state index in [2.05, 4.69) is 15.6 Å². The molecule has 10 heteroatoms. The number of hydrogen-bond donors (Lipinski definition) is 1. The second kappa shape index (κ2) is 10.6. The van der Waals surface area contributed by atoms with Gasteiger partial charge in [0.25, 0.3) is 5.91 Å². The maximum atomic E-state index is 13.9. The van der Waals surface area contributed by atoms with Gasteiger partial charge in [0.2, 0.25) is 0 Å².